The van der Waals surface area contributed by atoms with Gasteiger partial charge in [-0.15, -0.1) is 11.3 Å². The molecule has 1 aromatic heterocycles. The van der Waals surface area contributed by atoms with Gasteiger partial charge in [0.2, 0.25) is 0 Å². The van der Waals surface area contributed by atoms with Crippen LogP contribution < -0.4 is 0 Å². The molecule has 2 aromatic rings. The summed E-state index contributed by atoms with van der Waals surface area (Å²) >= 11 is 8.16. The van der Waals surface area contributed by atoms with Gasteiger partial charge in [-0.1, -0.05) is 6.07 Å². The highest BCUT2D eigenvalue weighted by molar-refractivity contribution is 9.12. The SMILES string of the molecule is O=S(=O)(O)c1ccc2c(Br)sc(Br)c2c1. The van der Waals surface area contributed by atoms with Crippen LogP contribution in [-0.4, -0.2) is 13.0 Å². The summed E-state index contributed by atoms with van der Waals surface area (Å²) in [4.78, 5) is -0.0963. The maximum Gasteiger partial charge on any atom is 0.294 e. The van der Waals surface area contributed by atoms with Crippen LogP contribution in [0.3, 0.4) is 0 Å². The van der Waals surface area contributed by atoms with Gasteiger partial charge >= 0.3 is 0 Å². The number of hydrogen-bond acceptors (Lipinski definition) is 3. The number of hydrogen-bond donors (Lipinski definition) is 1. The van der Waals surface area contributed by atoms with E-state index in [4.69, 9.17) is 4.55 Å². The average Bonchev–Trinajstić information content (AvgIpc) is 2.41. The van der Waals surface area contributed by atoms with Gasteiger partial charge in [-0.2, -0.15) is 8.42 Å². The number of halogens is 2. The number of benzene rings is 1. The Morgan fingerprint density at radius 3 is 2.33 bits per heavy atom. The third-order valence-electron chi connectivity index (χ3n) is 1.89. The maximum atomic E-state index is 10.9. The first kappa shape index (κ1) is 11.5. The third kappa shape index (κ3) is 2.12. The molecule has 1 aromatic carbocycles. The molecule has 0 aliphatic heterocycles. The van der Waals surface area contributed by atoms with E-state index < -0.39 is 10.1 Å². The van der Waals surface area contributed by atoms with Crippen molar-refractivity contribution < 1.29 is 13.0 Å². The summed E-state index contributed by atoms with van der Waals surface area (Å²) in [6.45, 7) is 0. The standard InChI is InChI=1S/C8H4Br2O3S2/c9-7-5-2-1-4(15(11,12)13)3-6(5)8(10)14-7/h1-3H,(H,11,12,13). The predicted molar refractivity (Wildman–Crippen MR) is 67.0 cm³/mol. The van der Waals surface area contributed by atoms with Crippen molar-refractivity contribution in [2.24, 2.45) is 0 Å². The van der Waals surface area contributed by atoms with E-state index in [1.54, 1.807) is 6.07 Å². The minimum atomic E-state index is -4.13. The van der Waals surface area contributed by atoms with E-state index in [9.17, 15) is 8.42 Å². The fourth-order valence-electron chi connectivity index (χ4n) is 1.21. The lowest BCUT2D eigenvalue weighted by molar-refractivity contribution is 0.483. The smallest absolute Gasteiger partial charge is 0.282 e. The Kier molecular flexibility index (Phi) is 2.93. The van der Waals surface area contributed by atoms with E-state index in [2.05, 4.69) is 31.9 Å². The average molecular weight is 372 g/mol. The van der Waals surface area contributed by atoms with Gasteiger partial charge in [0.15, 0.2) is 0 Å². The molecule has 2 rings (SSSR count). The van der Waals surface area contributed by atoms with Crippen molar-refractivity contribution >= 4 is 64.1 Å². The van der Waals surface area contributed by atoms with Crippen molar-refractivity contribution in [1.29, 1.82) is 0 Å². The van der Waals surface area contributed by atoms with E-state index in [0.717, 1.165) is 18.3 Å². The zero-order valence-electron chi connectivity index (χ0n) is 7.07. The molecule has 0 amide bonds. The van der Waals surface area contributed by atoms with Crippen molar-refractivity contribution in [3.8, 4) is 0 Å². The molecule has 0 saturated heterocycles. The van der Waals surface area contributed by atoms with Crippen LogP contribution in [-0.2, 0) is 10.1 Å². The molecule has 7 heteroatoms. The van der Waals surface area contributed by atoms with Gasteiger partial charge in [0, 0.05) is 10.8 Å². The van der Waals surface area contributed by atoms with Crippen molar-refractivity contribution in [2.45, 2.75) is 4.90 Å². The molecule has 3 nitrogen and oxygen atoms in total. The van der Waals surface area contributed by atoms with Crippen molar-refractivity contribution in [3.05, 3.63) is 25.8 Å². The van der Waals surface area contributed by atoms with Crippen LogP contribution in [0.15, 0.2) is 30.7 Å². The summed E-state index contributed by atoms with van der Waals surface area (Å²) in [5.74, 6) is 0. The number of rotatable bonds is 1. The largest absolute Gasteiger partial charge is 0.294 e. The Bertz CT molecular complexity index is 631. The summed E-state index contributed by atoms with van der Waals surface area (Å²) < 4.78 is 32.5. The first-order valence-electron chi connectivity index (χ1n) is 3.74. The molecule has 1 heterocycles. The molecule has 0 saturated carbocycles. The molecule has 15 heavy (non-hydrogen) atoms. The minimum absolute atomic E-state index is 0.0963. The third-order valence-corrected chi connectivity index (χ3v) is 5.37. The molecule has 0 aliphatic carbocycles. The molecule has 0 spiro atoms. The van der Waals surface area contributed by atoms with E-state index in [1.807, 2.05) is 0 Å². The van der Waals surface area contributed by atoms with E-state index >= 15 is 0 Å². The van der Waals surface area contributed by atoms with Gasteiger partial charge in [0.1, 0.15) is 0 Å². The van der Waals surface area contributed by atoms with Crippen molar-refractivity contribution in [1.82, 2.24) is 0 Å². The number of thiophene rings is 1. The van der Waals surface area contributed by atoms with E-state index in [1.165, 1.54) is 23.5 Å². The fourth-order valence-corrected chi connectivity index (χ4v) is 4.73. The van der Waals surface area contributed by atoms with Crippen LogP contribution in [0.2, 0.25) is 0 Å². The predicted octanol–water partition coefficient (Wildman–Crippen LogP) is 3.67. The topological polar surface area (TPSA) is 54.4 Å². The lowest BCUT2D eigenvalue weighted by Crippen LogP contribution is -1.96. The molecule has 0 aliphatic rings. The second-order valence-corrected chi connectivity index (χ2v) is 7.91. The van der Waals surface area contributed by atoms with Crippen LogP contribution in [0.25, 0.3) is 10.8 Å². The molecular formula is C8H4Br2O3S2. The minimum Gasteiger partial charge on any atom is -0.282 e. The molecule has 0 radical (unpaired) electrons. The van der Waals surface area contributed by atoms with E-state index in [0.29, 0.717) is 0 Å². The Morgan fingerprint density at radius 1 is 1.13 bits per heavy atom. The highest BCUT2D eigenvalue weighted by atomic mass is 79.9. The first-order chi connectivity index (χ1) is 6.89. The summed E-state index contributed by atoms with van der Waals surface area (Å²) in [5.41, 5.74) is 0. The maximum absolute atomic E-state index is 10.9. The zero-order valence-corrected chi connectivity index (χ0v) is 11.9. The van der Waals surface area contributed by atoms with Gasteiger partial charge in [0.25, 0.3) is 10.1 Å². The van der Waals surface area contributed by atoms with Crippen molar-refractivity contribution in [3.63, 3.8) is 0 Å². The van der Waals surface area contributed by atoms with Crippen LogP contribution in [0, 0.1) is 0 Å². The quantitative estimate of drug-likeness (QED) is 0.778. The van der Waals surface area contributed by atoms with Crippen LogP contribution in [0.4, 0.5) is 0 Å². The zero-order chi connectivity index (χ0) is 11.2. The van der Waals surface area contributed by atoms with Gasteiger partial charge in [-0.05, 0) is 44.0 Å². The molecule has 0 bridgehead atoms. The highest BCUT2D eigenvalue weighted by Gasteiger charge is 2.13. The summed E-state index contributed by atoms with van der Waals surface area (Å²) in [6, 6.07) is 4.47. The Labute approximate surface area is 107 Å². The molecular weight excluding hydrogens is 368 g/mol. The highest BCUT2D eigenvalue weighted by Crippen LogP contribution is 2.39. The summed E-state index contributed by atoms with van der Waals surface area (Å²) in [6.07, 6.45) is 0. The van der Waals surface area contributed by atoms with Gasteiger partial charge in [0.05, 0.1) is 12.5 Å². The van der Waals surface area contributed by atoms with Crippen LogP contribution in [0.5, 0.6) is 0 Å². The molecule has 0 atom stereocenters. The van der Waals surface area contributed by atoms with Gasteiger partial charge in [-0.25, -0.2) is 0 Å². The second-order valence-electron chi connectivity index (χ2n) is 2.83. The molecule has 0 unspecified atom stereocenters. The Morgan fingerprint density at radius 2 is 1.73 bits per heavy atom. The molecule has 1 N–H and O–H groups in total. The van der Waals surface area contributed by atoms with Crippen LogP contribution in [0.1, 0.15) is 0 Å². The Balaban J connectivity index is 2.82. The molecule has 0 fully saturated rings. The van der Waals surface area contributed by atoms with Gasteiger partial charge < -0.3 is 0 Å². The monoisotopic (exact) mass is 370 g/mol. The first-order valence-corrected chi connectivity index (χ1v) is 7.59. The lowest BCUT2D eigenvalue weighted by Gasteiger charge is -1.97. The van der Waals surface area contributed by atoms with E-state index in [-0.39, 0.29) is 4.90 Å². The lowest BCUT2D eigenvalue weighted by atomic mass is 10.2. The van der Waals surface area contributed by atoms with Crippen molar-refractivity contribution in [2.75, 3.05) is 0 Å². The number of fused-ring (bicyclic) bond motifs is 1. The Hall–Kier alpha value is 0.0500. The summed E-state index contributed by atoms with van der Waals surface area (Å²) in [5, 5.41) is 1.68. The normalized spacial score (nSPS) is 12.2. The molecule has 80 valence electrons. The fraction of sp³-hybridized carbons (Fsp3) is 0. The summed E-state index contributed by atoms with van der Waals surface area (Å²) in [7, 11) is -4.13. The second kappa shape index (κ2) is 3.81. The van der Waals surface area contributed by atoms with Crippen LogP contribution >= 0.6 is 43.2 Å². The van der Waals surface area contributed by atoms with Gasteiger partial charge in [-0.3, -0.25) is 4.55 Å².